The second-order valence-corrected chi connectivity index (χ2v) is 7.41. The summed E-state index contributed by atoms with van der Waals surface area (Å²) in [5.74, 6) is 0.482. The number of non-ortho nitro benzene ring substituents is 1. The van der Waals surface area contributed by atoms with Crippen molar-refractivity contribution in [1.29, 1.82) is 0 Å². The molecule has 12 heteroatoms. The van der Waals surface area contributed by atoms with Crippen molar-refractivity contribution in [3.8, 4) is 0 Å². The largest absolute Gasteiger partial charge is 0.467 e. The molecule has 162 valence electrons. The Labute approximate surface area is 189 Å². The number of benzene rings is 2. The number of aromatic nitrogens is 2. The van der Waals surface area contributed by atoms with Crippen LogP contribution in [0.1, 0.15) is 5.76 Å². The van der Waals surface area contributed by atoms with Gasteiger partial charge in [-0.3, -0.25) is 24.7 Å². The van der Waals surface area contributed by atoms with Crippen molar-refractivity contribution in [3.05, 3.63) is 85.0 Å². The fourth-order valence-corrected chi connectivity index (χ4v) is 3.35. The number of furan rings is 1. The molecule has 2 aromatic heterocycles. The van der Waals surface area contributed by atoms with Gasteiger partial charge in [0.05, 0.1) is 38.9 Å². The Morgan fingerprint density at radius 1 is 1.22 bits per heavy atom. The molecule has 0 aliphatic carbocycles. The van der Waals surface area contributed by atoms with Gasteiger partial charge in [0.2, 0.25) is 12.4 Å². The Morgan fingerprint density at radius 3 is 2.69 bits per heavy atom. The van der Waals surface area contributed by atoms with Crippen LogP contribution in [0.25, 0.3) is 10.9 Å². The molecule has 0 saturated heterocycles. The number of halogens is 2. The van der Waals surface area contributed by atoms with Gasteiger partial charge in [-0.1, -0.05) is 23.2 Å². The van der Waals surface area contributed by atoms with E-state index < -0.39 is 10.5 Å². The number of fused-ring (bicyclic) bond motifs is 1. The predicted octanol–water partition coefficient (Wildman–Crippen LogP) is 4.64. The summed E-state index contributed by atoms with van der Waals surface area (Å²) in [7, 11) is 0. The van der Waals surface area contributed by atoms with E-state index in [0.717, 1.165) is 6.07 Å². The Morgan fingerprint density at radius 2 is 2.03 bits per heavy atom. The van der Waals surface area contributed by atoms with Crippen molar-refractivity contribution < 1.29 is 14.1 Å². The van der Waals surface area contributed by atoms with Crippen LogP contribution in [0.15, 0.2) is 57.9 Å². The monoisotopic (exact) mass is 473 g/mol. The number of nitro benzene ring substituents is 1. The van der Waals surface area contributed by atoms with Crippen LogP contribution in [0.4, 0.5) is 23.0 Å². The van der Waals surface area contributed by atoms with E-state index in [1.165, 1.54) is 17.2 Å². The van der Waals surface area contributed by atoms with Gasteiger partial charge in [0.25, 0.3) is 11.2 Å². The first-order valence-corrected chi connectivity index (χ1v) is 9.80. The standard InChI is InChI=1S/C20H13Cl2N5O5/c21-15-4-3-11(6-16(15)22)23-20-24-18-14(19(29)25-20)7-12(27(30)31)8-17(18)26(10-28)9-13-2-1-5-32-13/h1-8,10H,9H2,(H2,23,24,25,29). The minimum absolute atomic E-state index is 0.0171. The second-order valence-electron chi connectivity index (χ2n) is 6.60. The van der Waals surface area contributed by atoms with Crippen LogP contribution in [0, 0.1) is 10.1 Å². The molecule has 4 aromatic rings. The maximum Gasteiger partial charge on any atom is 0.272 e. The molecule has 10 nitrogen and oxygen atoms in total. The first-order valence-electron chi connectivity index (χ1n) is 9.04. The molecule has 0 aliphatic rings. The number of H-pyrrole nitrogens is 1. The van der Waals surface area contributed by atoms with Gasteiger partial charge in [-0.05, 0) is 30.3 Å². The predicted molar refractivity (Wildman–Crippen MR) is 120 cm³/mol. The zero-order valence-corrected chi connectivity index (χ0v) is 17.6. The molecule has 0 aliphatic heterocycles. The van der Waals surface area contributed by atoms with E-state index in [1.807, 2.05) is 0 Å². The number of amides is 1. The summed E-state index contributed by atoms with van der Waals surface area (Å²) in [6.07, 6.45) is 1.92. The van der Waals surface area contributed by atoms with E-state index in [1.54, 1.807) is 30.3 Å². The molecule has 0 fully saturated rings. The average molecular weight is 474 g/mol. The van der Waals surface area contributed by atoms with Crippen LogP contribution in [-0.4, -0.2) is 21.3 Å². The molecule has 0 spiro atoms. The highest BCUT2D eigenvalue weighted by Crippen LogP contribution is 2.31. The first-order chi connectivity index (χ1) is 15.4. The second kappa shape index (κ2) is 8.69. The van der Waals surface area contributed by atoms with E-state index in [2.05, 4.69) is 15.3 Å². The topological polar surface area (TPSA) is 134 Å². The zero-order chi connectivity index (χ0) is 22.8. The fraction of sp³-hybridized carbons (Fsp3) is 0.0500. The number of rotatable bonds is 7. The normalized spacial score (nSPS) is 10.8. The SMILES string of the molecule is O=CN(Cc1ccco1)c1cc([N+](=O)[O-])cc2c(=O)[nH]c(Nc3ccc(Cl)c(Cl)c3)nc12. The van der Waals surface area contributed by atoms with Crippen LogP contribution >= 0.6 is 23.2 Å². The lowest BCUT2D eigenvalue weighted by atomic mass is 10.1. The fourth-order valence-electron chi connectivity index (χ4n) is 3.05. The molecule has 32 heavy (non-hydrogen) atoms. The number of nitro groups is 1. The van der Waals surface area contributed by atoms with Gasteiger partial charge in [0.1, 0.15) is 11.3 Å². The van der Waals surface area contributed by atoms with Crippen LogP contribution < -0.4 is 15.8 Å². The third-order valence-corrected chi connectivity index (χ3v) is 5.25. The molecular weight excluding hydrogens is 461 g/mol. The summed E-state index contributed by atoms with van der Waals surface area (Å²) >= 11 is 11.9. The molecule has 0 radical (unpaired) electrons. The highest BCUT2D eigenvalue weighted by Gasteiger charge is 2.21. The molecule has 2 N–H and O–H groups in total. The highest BCUT2D eigenvalue weighted by molar-refractivity contribution is 6.42. The van der Waals surface area contributed by atoms with Crippen LogP contribution in [-0.2, 0) is 11.3 Å². The first kappa shape index (κ1) is 21.3. The van der Waals surface area contributed by atoms with Crippen molar-refractivity contribution in [3.63, 3.8) is 0 Å². The Balaban J connectivity index is 1.86. The Bertz CT molecular complexity index is 1390. The maximum absolute atomic E-state index is 12.7. The maximum atomic E-state index is 12.7. The highest BCUT2D eigenvalue weighted by atomic mass is 35.5. The molecule has 2 aromatic carbocycles. The van der Waals surface area contributed by atoms with Crippen molar-refractivity contribution in [1.82, 2.24) is 9.97 Å². The van der Waals surface area contributed by atoms with Gasteiger partial charge in [0.15, 0.2) is 0 Å². The van der Waals surface area contributed by atoms with Crippen LogP contribution in [0.3, 0.4) is 0 Å². The van der Waals surface area contributed by atoms with Crippen LogP contribution in [0.2, 0.25) is 10.0 Å². The van der Waals surface area contributed by atoms with E-state index in [4.69, 9.17) is 27.6 Å². The summed E-state index contributed by atoms with van der Waals surface area (Å²) in [5, 5.41) is 14.9. The van der Waals surface area contributed by atoms with Crippen molar-refractivity contribution in [2.24, 2.45) is 0 Å². The molecule has 1 amide bonds. The summed E-state index contributed by atoms with van der Waals surface area (Å²) in [6.45, 7) is -0.0171. The molecule has 0 bridgehead atoms. The number of anilines is 3. The summed E-state index contributed by atoms with van der Waals surface area (Å²) in [5.41, 5.74) is -0.347. The molecule has 0 unspecified atom stereocenters. The van der Waals surface area contributed by atoms with Gasteiger partial charge in [0, 0.05) is 17.8 Å². The minimum Gasteiger partial charge on any atom is -0.467 e. The lowest BCUT2D eigenvalue weighted by molar-refractivity contribution is -0.384. The number of hydrogen-bond donors (Lipinski definition) is 2. The van der Waals surface area contributed by atoms with Crippen molar-refractivity contribution in [2.45, 2.75) is 6.54 Å². The van der Waals surface area contributed by atoms with Gasteiger partial charge in [-0.25, -0.2) is 4.98 Å². The van der Waals surface area contributed by atoms with Gasteiger partial charge >= 0.3 is 0 Å². The smallest absolute Gasteiger partial charge is 0.272 e. The number of nitrogens with one attached hydrogen (secondary N) is 2. The molecule has 0 atom stereocenters. The molecule has 4 rings (SSSR count). The minimum atomic E-state index is -0.653. The molecule has 0 saturated carbocycles. The quantitative estimate of drug-likeness (QED) is 0.226. The number of carbonyl (C=O) groups excluding carboxylic acids is 1. The van der Waals surface area contributed by atoms with Gasteiger partial charge in [-0.15, -0.1) is 0 Å². The third-order valence-electron chi connectivity index (χ3n) is 4.51. The van der Waals surface area contributed by atoms with E-state index in [9.17, 15) is 19.7 Å². The number of aromatic amines is 1. The van der Waals surface area contributed by atoms with Crippen molar-refractivity contribution >= 4 is 63.5 Å². The average Bonchev–Trinajstić information content (AvgIpc) is 3.27. The molecule has 2 heterocycles. The van der Waals surface area contributed by atoms with Crippen molar-refractivity contribution in [2.75, 3.05) is 10.2 Å². The Hall–Kier alpha value is -3.89. The van der Waals surface area contributed by atoms with E-state index in [-0.39, 0.29) is 34.8 Å². The van der Waals surface area contributed by atoms with Gasteiger partial charge in [-0.2, -0.15) is 0 Å². The number of carbonyl (C=O) groups is 1. The zero-order valence-electron chi connectivity index (χ0n) is 16.0. The van der Waals surface area contributed by atoms with Gasteiger partial charge < -0.3 is 14.6 Å². The molecular formula is C20H13Cl2N5O5. The lowest BCUT2D eigenvalue weighted by Crippen LogP contribution is -2.22. The summed E-state index contributed by atoms with van der Waals surface area (Å²) in [6, 6.07) is 10.3. The van der Waals surface area contributed by atoms with E-state index in [0.29, 0.717) is 27.9 Å². The number of hydrogen-bond acceptors (Lipinski definition) is 7. The van der Waals surface area contributed by atoms with E-state index >= 15 is 0 Å². The lowest BCUT2D eigenvalue weighted by Gasteiger charge is -2.18. The summed E-state index contributed by atoms with van der Waals surface area (Å²) < 4.78 is 5.27. The third kappa shape index (κ3) is 4.27. The Kier molecular flexibility index (Phi) is 5.80. The summed E-state index contributed by atoms with van der Waals surface area (Å²) in [4.78, 5) is 43.4. The number of nitrogens with zero attached hydrogens (tertiary/aromatic N) is 3. The van der Waals surface area contributed by atoms with Crippen LogP contribution in [0.5, 0.6) is 0 Å².